The molecule has 2 nitrogen and oxygen atoms in total. The SMILES string of the molecule is C[C@H](C/C=C/[C@H](C)[C@H]1CC[C@H]2C(=O)CCC[C@]12C)O[Si](C)(C)C(C)(C)C. The zero-order valence-corrected chi connectivity index (χ0v) is 19.5. The van der Waals surface area contributed by atoms with Crippen molar-refractivity contribution in [3.05, 3.63) is 12.2 Å². The van der Waals surface area contributed by atoms with Gasteiger partial charge in [0, 0.05) is 18.4 Å². The van der Waals surface area contributed by atoms with E-state index in [-0.39, 0.29) is 16.6 Å². The number of carbonyl (C=O) groups excluding carboxylic acids is 1. The second kappa shape index (κ2) is 7.91. The number of allylic oxidation sites excluding steroid dienone is 1. The van der Waals surface area contributed by atoms with Crippen LogP contribution in [0.1, 0.15) is 80.1 Å². The van der Waals surface area contributed by atoms with Crippen molar-refractivity contribution in [2.45, 2.75) is 104 Å². The fourth-order valence-corrected chi connectivity index (χ4v) is 6.64. The Labute approximate surface area is 163 Å². The van der Waals surface area contributed by atoms with Gasteiger partial charge in [-0.15, -0.1) is 0 Å². The van der Waals surface area contributed by atoms with Gasteiger partial charge in [0.05, 0.1) is 0 Å². The Hall–Kier alpha value is -0.413. The minimum Gasteiger partial charge on any atom is -0.414 e. The summed E-state index contributed by atoms with van der Waals surface area (Å²) in [4.78, 5) is 12.3. The number of ketones is 1. The molecule has 0 aliphatic heterocycles. The maximum absolute atomic E-state index is 12.3. The van der Waals surface area contributed by atoms with Crippen molar-refractivity contribution in [3.63, 3.8) is 0 Å². The van der Waals surface area contributed by atoms with Gasteiger partial charge in [-0.1, -0.05) is 46.8 Å². The largest absolute Gasteiger partial charge is 0.414 e. The fourth-order valence-electron chi connectivity index (χ4n) is 5.18. The van der Waals surface area contributed by atoms with E-state index in [9.17, 15) is 4.79 Å². The van der Waals surface area contributed by atoms with Crippen LogP contribution in [0.4, 0.5) is 0 Å². The topological polar surface area (TPSA) is 26.3 Å². The first-order valence-electron chi connectivity index (χ1n) is 10.8. The summed E-state index contributed by atoms with van der Waals surface area (Å²) in [5, 5.41) is 0.263. The number of rotatable bonds is 6. The van der Waals surface area contributed by atoms with Crippen molar-refractivity contribution in [1.29, 1.82) is 0 Å². The van der Waals surface area contributed by atoms with Crippen molar-refractivity contribution >= 4 is 14.1 Å². The predicted octanol–water partition coefficient (Wildman–Crippen LogP) is 6.76. The Kier molecular flexibility index (Phi) is 6.66. The molecule has 2 rings (SSSR count). The summed E-state index contributed by atoms with van der Waals surface area (Å²) in [6, 6.07) is 0. The van der Waals surface area contributed by atoms with Crippen molar-refractivity contribution in [1.82, 2.24) is 0 Å². The molecule has 0 unspecified atom stereocenters. The van der Waals surface area contributed by atoms with Gasteiger partial charge in [-0.2, -0.15) is 0 Å². The minimum absolute atomic E-state index is 0.238. The third kappa shape index (κ3) is 4.52. The van der Waals surface area contributed by atoms with Crippen LogP contribution < -0.4 is 0 Å². The van der Waals surface area contributed by atoms with E-state index < -0.39 is 8.32 Å². The number of carbonyl (C=O) groups is 1. The summed E-state index contributed by atoms with van der Waals surface area (Å²) in [7, 11) is -1.69. The molecule has 0 radical (unpaired) electrons. The van der Waals surface area contributed by atoms with E-state index in [1.54, 1.807) is 0 Å². The molecule has 2 aliphatic rings. The quantitative estimate of drug-likeness (QED) is 0.377. The number of hydrogen-bond acceptors (Lipinski definition) is 2. The zero-order chi connectivity index (χ0) is 19.8. The van der Waals surface area contributed by atoms with Crippen molar-refractivity contribution in [2.75, 3.05) is 0 Å². The maximum Gasteiger partial charge on any atom is 0.192 e. The highest BCUT2D eigenvalue weighted by atomic mass is 28.4. The number of Topliss-reactive ketones (excluding diaryl/α,β-unsaturated/α-hetero) is 1. The van der Waals surface area contributed by atoms with Crippen LogP contribution in [-0.2, 0) is 9.22 Å². The van der Waals surface area contributed by atoms with Gasteiger partial charge in [-0.05, 0) is 74.4 Å². The summed E-state index contributed by atoms with van der Waals surface area (Å²) < 4.78 is 6.47. The lowest BCUT2D eigenvalue weighted by Gasteiger charge is -2.41. The molecule has 0 aromatic rings. The summed E-state index contributed by atoms with van der Waals surface area (Å²) in [6.07, 6.45) is 11.5. The second-order valence-corrected chi connectivity index (χ2v) is 15.5. The molecule has 2 fully saturated rings. The summed E-state index contributed by atoms with van der Waals surface area (Å²) in [6.45, 7) is 18.5. The molecule has 0 aromatic carbocycles. The van der Waals surface area contributed by atoms with Crippen LogP contribution in [0.3, 0.4) is 0 Å². The van der Waals surface area contributed by atoms with E-state index in [4.69, 9.17) is 4.43 Å². The van der Waals surface area contributed by atoms with Crippen LogP contribution in [-0.4, -0.2) is 20.2 Å². The van der Waals surface area contributed by atoms with Crippen LogP contribution in [0, 0.1) is 23.2 Å². The molecule has 5 atom stereocenters. The molecule has 26 heavy (non-hydrogen) atoms. The summed E-state index contributed by atoms with van der Waals surface area (Å²) >= 11 is 0. The molecule has 150 valence electrons. The lowest BCUT2D eigenvalue weighted by atomic mass is 9.62. The van der Waals surface area contributed by atoms with Crippen LogP contribution in [0.2, 0.25) is 18.1 Å². The average molecular weight is 379 g/mol. The van der Waals surface area contributed by atoms with E-state index >= 15 is 0 Å². The molecule has 0 N–H and O–H groups in total. The van der Waals surface area contributed by atoms with Gasteiger partial charge in [0.25, 0.3) is 0 Å². The van der Waals surface area contributed by atoms with Gasteiger partial charge in [-0.25, -0.2) is 0 Å². The van der Waals surface area contributed by atoms with Crippen molar-refractivity contribution in [2.24, 2.45) is 23.2 Å². The third-order valence-corrected chi connectivity index (χ3v) is 12.4. The molecule has 0 saturated heterocycles. The van der Waals surface area contributed by atoms with Crippen molar-refractivity contribution in [3.8, 4) is 0 Å². The molecule has 3 heteroatoms. The fraction of sp³-hybridized carbons (Fsp3) is 0.870. The average Bonchev–Trinajstić information content (AvgIpc) is 2.84. The zero-order valence-electron chi connectivity index (χ0n) is 18.5. The lowest BCUT2D eigenvalue weighted by molar-refractivity contribution is -0.129. The van der Waals surface area contributed by atoms with Gasteiger partial charge in [-0.3, -0.25) is 4.79 Å². The van der Waals surface area contributed by atoms with E-state index in [1.807, 2.05) is 0 Å². The van der Waals surface area contributed by atoms with Crippen LogP contribution in [0.15, 0.2) is 12.2 Å². The van der Waals surface area contributed by atoms with Gasteiger partial charge in [0.15, 0.2) is 8.32 Å². The molecule has 0 spiro atoms. The second-order valence-electron chi connectivity index (χ2n) is 10.8. The van der Waals surface area contributed by atoms with Gasteiger partial charge >= 0.3 is 0 Å². The monoisotopic (exact) mass is 378 g/mol. The van der Waals surface area contributed by atoms with Gasteiger partial charge in [0.1, 0.15) is 5.78 Å². The first-order valence-corrected chi connectivity index (χ1v) is 13.7. The van der Waals surface area contributed by atoms with Crippen LogP contribution in [0.25, 0.3) is 0 Å². The van der Waals surface area contributed by atoms with E-state index in [0.717, 1.165) is 25.7 Å². The first kappa shape index (κ1) is 21.9. The van der Waals surface area contributed by atoms with Gasteiger partial charge in [0.2, 0.25) is 0 Å². The molecule has 0 amide bonds. The maximum atomic E-state index is 12.3. The predicted molar refractivity (Wildman–Crippen MR) is 114 cm³/mol. The third-order valence-electron chi connectivity index (χ3n) is 7.78. The molecule has 2 saturated carbocycles. The number of fused-ring (bicyclic) bond motifs is 1. The van der Waals surface area contributed by atoms with E-state index in [2.05, 4.69) is 66.8 Å². The highest BCUT2D eigenvalue weighted by Gasteiger charge is 2.51. The molecule has 0 aromatic heterocycles. The minimum atomic E-state index is -1.69. The Bertz CT molecular complexity index is 531. The molecular formula is C23H42O2Si. The van der Waals surface area contributed by atoms with E-state index in [1.165, 1.54) is 12.8 Å². The van der Waals surface area contributed by atoms with Crippen LogP contribution in [0.5, 0.6) is 0 Å². The Balaban J connectivity index is 1.91. The standard InChI is InChI=1S/C23H42O2Si/c1-17(11-9-12-18(2)25-26(7,8)22(3,4)5)19-14-15-20-21(24)13-10-16-23(19,20)6/h9,11,17-20H,10,12-16H2,1-8H3/b11-9+/t17-,18+,19+,20-,23+/m0/s1. The van der Waals surface area contributed by atoms with Crippen LogP contribution >= 0.6 is 0 Å². The smallest absolute Gasteiger partial charge is 0.192 e. The molecule has 0 bridgehead atoms. The summed E-state index contributed by atoms with van der Waals surface area (Å²) in [5.74, 6) is 2.08. The highest BCUT2D eigenvalue weighted by molar-refractivity contribution is 6.74. The van der Waals surface area contributed by atoms with Gasteiger partial charge < -0.3 is 4.43 Å². The Morgan fingerprint density at radius 3 is 2.54 bits per heavy atom. The van der Waals surface area contributed by atoms with Crippen molar-refractivity contribution < 1.29 is 9.22 Å². The molecular weight excluding hydrogens is 336 g/mol. The summed E-state index contributed by atoms with van der Waals surface area (Å²) in [5.41, 5.74) is 0.238. The number of hydrogen-bond donors (Lipinski definition) is 0. The first-order chi connectivity index (χ1) is 11.9. The lowest BCUT2D eigenvalue weighted by Crippen LogP contribution is -2.43. The highest BCUT2D eigenvalue weighted by Crippen LogP contribution is 2.56. The Morgan fingerprint density at radius 1 is 1.27 bits per heavy atom. The normalized spacial score (nSPS) is 32.7. The Morgan fingerprint density at radius 2 is 1.92 bits per heavy atom. The van der Waals surface area contributed by atoms with E-state index in [0.29, 0.717) is 23.5 Å². The molecule has 0 heterocycles. The molecule has 2 aliphatic carbocycles.